The predicted octanol–water partition coefficient (Wildman–Crippen LogP) is 1.59. The van der Waals surface area contributed by atoms with E-state index in [0.717, 1.165) is 19.6 Å². The molecule has 2 rings (SSSR count). The third-order valence-electron chi connectivity index (χ3n) is 3.50. The van der Waals surface area contributed by atoms with Crippen LogP contribution in [0.15, 0.2) is 24.3 Å². The van der Waals surface area contributed by atoms with E-state index in [1.165, 1.54) is 37.2 Å². The Morgan fingerprint density at radius 3 is 2.89 bits per heavy atom. The number of nitrogens with zero attached hydrogens (tertiary/aromatic N) is 2. The second kappa shape index (κ2) is 6.76. The first-order valence-electron chi connectivity index (χ1n) is 6.95. The number of benzene rings is 1. The summed E-state index contributed by atoms with van der Waals surface area (Å²) in [6.07, 6.45) is 2.43. The second-order valence-electron chi connectivity index (χ2n) is 5.27. The van der Waals surface area contributed by atoms with Crippen molar-refractivity contribution >= 4 is 5.69 Å². The van der Waals surface area contributed by atoms with Crippen molar-refractivity contribution in [3.63, 3.8) is 0 Å². The first-order valence-corrected chi connectivity index (χ1v) is 6.95. The number of anilines is 1. The number of hydrogen-bond acceptors (Lipinski definition) is 3. The van der Waals surface area contributed by atoms with E-state index in [4.69, 9.17) is 0 Å². The molecule has 100 valence electrons. The molecule has 0 bridgehead atoms. The van der Waals surface area contributed by atoms with Crippen LogP contribution in [-0.2, 0) is 6.42 Å². The van der Waals surface area contributed by atoms with E-state index < -0.39 is 0 Å². The van der Waals surface area contributed by atoms with Gasteiger partial charge in [0.2, 0.25) is 0 Å². The van der Waals surface area contributed by atoms with Crippen molar-refractivity contribution in [1.29, 1.82) is 0 Å². The van der Waals surface area contributed by atoms with Gasteiger partial charge in [-0.25, -0.2) is 0 Å². The van der Waals surface area contributed by atoms with Crippen LogP contribution in [0.25, 0.3) is 0 Å². The second-order valence-corrected chi connectivity index (χ2v) is 5.27. The topological polar surface area (TPSA) is 18.5 Å². The van der Waals surface area contributed by atoms with E-state index in [9.17, 15) is 0 Å². The molecule has 0 aliphatic carbocycles. The van der Waals surface area contributed by atoms with E-state index in [0.29, 0.717) is 0 Å². The number of para-hydroxylation sites is 1. The molecule has 0 radical (unpaired) electrons. The molecule has 0 saturated heterocycles. The maximum absolute atomic E-state index is 3.53. The zero-order valence-corrected chi connectivity index (χ0v) is 11.7. The molecular formula is C15H25N3. The normalized spacial score (nSPS) is 14.3. The molecule has 0 amide bonds. The van der Waals surface area contributed by atoms with Crippen molar-refractivity contribution in [2.45, 2.75) is 12.8 Å². The van der Waals surface area contributed by atoms with Crippen molar-refractivity contribution in [3.05, 3.63) is 29.8 Å². The van der Waals surface area contributed by atoms with Gasteiger partial charge in [-0.3, -0.25) is 0 Å². The van der Waals surface area contributed by atoms with Gasteiger partial charge in [-0.2, -0.15) is 0 Å². The summed E-state index contributed by atoms with van der Waals surface area (Å²) >= 11 is 0. The van der Waals surface area contributed by atoms with Crippen molar-refractivity contribution in [2.75, 3.05) is 51.7 Å². The zero-order valence-electron chi connectivity index (χ0n) is 11.7. The molecule has 1 aromatic carbocycles. The molecule has 1 aromatic rings. The summed E-state index contributed by atoms with van der Waals surface area (Å²) in [5, 5.41) is 3.53. The van der Waals surface area contributed by atoms with Gasteiger partial charge in [0.05, 0.1) is 0 Å². The van der Waals surface area contributed by atoms with Crippen molar-refractivity contribution < 1.29 is 0 Å². The highest BCUT2D eigenvalue weighted by molar-refractivity contribution is 5.57. The summed E-state index contributed by atoms with van der Waals surface area (Å²) in [5.41, 5.74) is 2.94. The standard InChI is InChI=1S/C15H25N3/c1-17(2)11-5-9-16-10-13-18-12-8-14-6-3-4-7-15(14)18/h3-4,6-7,16H,5,8-13H2,1-2H3. The first-order chi connectivity index (χ1) is 8.77. The molecule has 18 heavy (non-hydrogen) atoms. The Morgan fingerprint density at radius 2 is 2.06 bits per heavy atom. The van der Waals surface area contributed by atoms with Crippen LogP contribution >= 0.6 is 0 Å². The Bertz CT molecular complexity index is 363. The van der Waals surface area contributed by atoms with Gasteiger partial charge in [-0.1, -0.05) is 18.2 Å². The molecule has 0 fully saturated rings. The molecule has 3 heteroatoms. The quantitative estimate of drug-likeness (QED) is 0.738. The van der Waals surface area contributed by atoms with Gasteiger partial charge in [0.25, 0.3) is 0 Å². The molecular weight excluding hydrogens is 222 g/mol. The Hall–Kier alpha value is -1.06. The fourth-order valence-corrected chi connectivity index (χ4v) is 2.50. The van der Waals surface area contributed by atoms with Crippen LogP contribution in [0.2, 0.25) is 0 Å². The van der Waals surface area contributed by atoms with E-state index in [1.807, 2.05) is 0 Å². The van der Waals surface area contributed by atoms with Gasteiger partial charge in [0, 0.05) is 25.3 Å². The van der Waals surface area contributed by atoms with Crippen molar-refractivity contribution in [2.24, 2.45) is 0 Å². The van der Waals surface area contributed by atoms with Crippen LogP contribution in [0.1, 0.15) is 12.0 Å². The molecule has 1 heterocycles. The fraction of sp³-hybridized carbons (Fsp3) is 0.600. The number of nitrogens with one attached hydrogen (secondary N) is 1. The summed E-state index contributed by atoms with van der Waals surface area (Å²) in [4.78, 5) is 4.73. The van der Waals surface area contributed by atoms with E-state index in [-0.39, 0.29) is 0 Å². The fourth-order valence-electron chi connectivity index (χ4n) is 2.50. The monoisotopic (exact) mass is 247 g/mol. The van der Waals surface area contributed by atoms with Crippen LogP contribution in [0.3, 0.4) is 0 Å². The molecule has 1 aliphatic heterocycles. The smallest absolute Gasteiger partial charge is 0.0399 e. The molecule has 0 saturated carbocycles. The Labute approximate surface area is 111 Å². The van der Waals surface area contributed by atoms with Gasteiger partial charge in [-0.05, 0) is 51.7 Å². The average Bonchev–Trinajstić information content (AvgIpc) is 2.77. The van der Waals surface area contributed by atoms with Crippen LogP contribution < -0.4 is 10.2 Å². The summed E-state index contributed by atoms with van der Waals surface area (Å²) in [6, 6.07) is 8.78. The van der Waals surface area contributed by atoms with E-state index in [1.54, 1.807) is 0 Å². The minimum absolute atomic E-state index is 1.09. The minimum Gasteiger partial charge on any atom is -0.370 e. The summed E-state index contributed by atoms with van der Waals surface area (Å²) in [5.74, 6) is 0. The number of fused-ring (bicyclic) bond motifs is 1. The van der Waals surface area contributed by atoms with Crippen LogP contribution in [-0.4, -0.2) is 51.7 Å². The lowest BCUT2D eigenvalue weighted by atomic mass is 10.2. The van der Waals surface area contributed by atoms with Crippen LogP contribution in [0, 0.1) is 0 Å². The molecule has 0 unspecified atom stereocenters. The molecule has 0 atom stereocenters. The van der Waals surface area contributed by atoms with Crippen LogP contribution in [0.5, 0.6) is 0 Å². The lowest BCUT2D eigenvalue weighted by Crippen LogP contribution is -2.32. The predicted molar refractivity (Wildman–Crippen MR) is 78.4 cm³/mol. The highest BCUT2D eigenvalue weighted by Gasteiger charge is 2.16. The lowest BCUT2D eigenvalue weighted by molar-refractivity contribution is 0.395. The maximum Gasteiger partial charge on any atom is 0.0399 e. The SMILES string of the molecule is CN(C)CCCNCCN1CCc2ccccc21. The van der Waals surface area contributed by atoms with E-state index >= 15 is 0 Å². The highest BCUT2D eigenvalue weighted by Crippen LogP contribution is 2.26. The third kappa shape index (κ3) is 3.72. The molecule has 1 aliphatic rings. The van der Waals surface area contributed by atoms with Gasteiger partial charge >= 0.3 is 0 Å². The summed E-state index contributed by atoms with van der Waals surface area (Å²) < 4.78 is 0. The zero-order chi connectivity index (χ0) is 12.8. The van der Waals surface area contributed by atoms with Gasteiger partial charge < -0.3 is 15.1 Å². The summed E-state index contributed by atoms with van der Waals surface area (Å²) in [6.45, 7) is 5.67. The average molecular weight is 247 g/mol. The molecule has 1 N–H and O–H groups in total. The largest absolute Gasteiger partial charge is 0.370 e. The molecule has 0 aromatic heterocycles. The summed E-state index contributed by atoms with van der Waals surface area (Å²) in [7, 11) is 4.25. The Morgan fingerprint density at radius 1 is 1.22 bits per heavy atom. The Kier molecular flexibility index (Phi) is 5.02. The first kappa shape index (κ1) is 13.4. The van der Waals surface area contributed by atoms with E-state index in [2.05, 4.69) is 53.5 Å². The van der Waals surface area contributed by atoms with Crippen LogP contribution in [0.4, 0.5) is 5.69 Å². The number of rotatable bonds is 7. The number of hydrogen-bond donors (Lipinski definition) is 1. The lowest BCUT2D eigenvalue weighted by Gasteiger charge is -2.19. The van der Waals surface area contributed by atoms with Crippen molar-refractivity contribution in [1.82, 2.24) is 10.2 Å². The Balaban J connectivity index is 1.64. The molecule has 0 spiro atoms. The van der Waals surface area contributed by atoms with Gasteiger partial charge in [0.1, 0.15) is 0 Å². The third-order valence-corrected chi connectivity index (χ3v) is 3.50. The molecule has 3 nitrogen and oxygen atoms in total. The van der Waals surface area contributed by atoms with Gasteiger partial charge in [0.15, 0.2) is 0 Å². The highest BCUT2D eigenvalue weighted by atomic mass is 15.2. The minimum atomic E-state index is 1.09. The maximum atomic E-state index is 3.53. The van der Waals surface area contributed by atoms with Crippen molar-refractivity contribution in [3.8, 4) is 0 Å². The van der Waals surface area contributed by atoms with Gasteiger partial charge in [-0.15, -0.1) is 0 Å².